The van der Waals surface area contributed by atoms with Crippen LogP contribution in [0.25, 0.3) is 0 Å². The van der Waals surface area contributed by atoms with E-state index in [0.717, 1.165) is 70.0 Å². The quantitative estimate of drug-likeness (QED) is 0.252. The zero-order valence-electron chi connectivity index (χ0n) is 27.2. The molecule has 240 valence electrons. The molecule has 11 nitrogen and oxygen atoms in total. The number of rotatable bonds is 8. The highest BCUT2D eigenvalue weighted by Gasteiger charge is 2.44. The highest BCUT2D eigenvalue weighted by Crippen LogP contribution is 2.46. The number of likely N-dealkylation sites (tertiary alicyclic amines) is 1. The number of hydrogen-bond acceptors (Lipinski definition) is 8. The lowest BCUT2D eigenvalue weighted by Gasteiger charge is -2.37. The van der Waals surface area contributed by atoms with Gasteiger partial charge >= 0.3 is 6.09 Å². The molecule has 44 heavy (non-hydrogen) atoms. The van der Waals surface area contributed by atoms with Crippen LogP contribution in [0.1, 0.15) is 51.4 Å². The minimum Gasteiger partial charge on any atom is -0.410 e. The number of amides is 3. The van der Waals surface area contributed by atoms with Crippen molar-refractivity contribution in [3.63, 3.8) is 0 Å². The SMILES string of the molecule is CN(C)C(=O)Oc1cccc([N+](C)(C)C)c1.O=C1CC2(CCCC2)CC(=O)N1CCCCN1CCN(c2ncccn2)CC1. The standard InChI is InChI=1S/C21H31N5O2.C12H19N2O2/c27-18-16-21(6-1-2-7-21)17-19(28)26(18)11-4-3-10-24-12-14-25(15-13-24)20-22-8-5-9-23-20;1-13(2)12(15)16-11-8-6-7-10(9-11)14(3,4)5/h5,8-9H,1-4,6-7,10-17H2;6-9H,1-5H3/q;+1. The first kappa shape index (κ1) is 33.3. The minimum absolute atomic E-state index is 0.00676. The van der Waals surface area contributed by atoms with E-state index in [2.05, 4.69) is 40.9 Å². The molecule has 2 aromatic rings. The van der Waals surface area contributed by atoms with Gasteiger partial charge in [0.15, 0.2) is 0 Å². The van der Waals surface area contributed by atoms with Gasteiger partial charge in [-0.25, -0.2) is 14.8 Å². The van der Waals surface area contributed by atoms with Gasteiger partial charge in [0.25, 0.3) is 0 Å². The van der Waals surface area contributed by atoms with E-state index in [4.69, 9.17) is 4.74 Å². The molecule has 2 saturated heterocycles. The highest BCUT2D eigenvalue weighted by molar-refractivity contribution is 5.98. The highest BCUT2D eigenvalue weighted by atomic mass is 16.6. The topological polar surface area (TPSA) is 99.2 Å². The van der Waals surface area contributed by atoms with Crippen molar-refractivity contribution in [2.75, 3.05) is 79.4 Å². The summed E-state index contributed by atoms with van der Waals surface area (Å²) in [6.45, 7) is 5.49. The summed E-state index contributed by atoms with van der Waals surface area (Å²) in [5.41, 5.74) is 1.09. The maximum absolute atomic E-state index is 12.5. The third-order valence-electron chi connectivity index (χ3n) is 8.79. The van der Waals surface area contributed by atoms with Gasteiger partial charge in [0.2, 0.25) is 17.8 Å². The third kappa shape index (κ3) is 9.22. The van der Waals surface area contributed by atoms with E-state index in [0.29, 0.717) is 29.6 Å². The molecule has 0 radical (unpaired) electrons. The monoisotopic (exact) mass is 608 g/mol. The van der Waals surface area contributed by atoms with E-state index >= 15 is 0 Å². The van der Waals surface area contributed by atoms with Gasteiger partial charge < -0.3 is 14.5 Å². The average molecular weight is 609 g/mol. The van der Waals surface area contributed by atoms with Gasteiger partial charge in [-0.15, -0.1) is 0 Å². The Morgan fingerprint density at radius 3 is 2.11 bits per heavy atom. The predicted octanol–water partition coefficient (Wildman–Crippen LogP) is 4.03. The molecular weight excluding hydrogens is 558 g/mol. The van der Waals surface area contributed by atoms with E-state index in [1.165, 1.54) is 22.6 Å². The fourth-order valence-electron chi connectivity index (χ4n) is 6.15. The second-order valence-corrected chi connectivity index (χ2v) is 13.4. The smallest absolute Gasteiger partial charge is 0.410 e. The summed E-state index contributed by atoms with van der Waals surface area (Å²) in [7, 11) is 9.50. The van der Waals surface area contributed by atoms with Crippen LogP contribution in [0.4, 0.5) is 16.4 Å². The van der Waals surface area contributed by atoms with Gasteiger partial charge in [0, 0.05) is 78.1 Å². The van der Waals surface area contributed by atoms with Crippen molar-refractivity contribution in [1.82, 2.24) is 29.2 Å². The van der Waals surface area contributed by atoms with E-state index in [9.17, 15) is 14.4 Å². The van der Waals surface area contributed by atoms with Crippen LogP contribution in [0.5, 0.6) is 5.75 Å². The number of nitrogens with zero attached hydrogens (tertiary/aromatic N) is 7. The molecule has 1 spiro atoms. The number of imide groups is 1. The molecule has 2 aliphatic heterocycles. The van der Waals surface area contributed by atoms with Gasteiger partial charge in [-0.2, -0.15) is 0 Å². The molecule has 0 N–H and O–H groups in total. The Bertz CT molecular complexity index is 1230. The molecule has 3 aliphatic rings. The zero-order chi connectivity index (χ0) is 31.7. The van der Waals surface area contributed by atoms with E-state index < -0.39 is 0 Å². The van der Waals surface area contributed by atoms with Crippen molar-refractivity contribution >= 4 is 29.5 Å². The molecule has 1 aromatic carbocycles. The lowest BCUT2D eigenvalue weighted by molar-refractivity contribution is -0.153. The maximum Gasteiger partial charge on any atom is 0.414 e. The number of quaternary nitrogens is 1. The number of piperazine rings is 1. The summed E-state index contributed by atoms with van der Waals surface area (Å²) >= 11 is 0. The first-order valence-electron chi connectivity index (χ1n) is 15.8. The van der Waals surface area contributed by atoms with Gasteiger partial charge in [-0.1, -0.05) is 18.9 Å². The Balaban J connectivity index is 0.000000236. The maximum atomic E-state index is 12.5. The Hall–Kier alpha value is -3.57. The Morgan fingerprint density at radius 2 is 1.52 bits per heavy atom. The Kier molecular flexibility index (Phi) is 11.3. The molecule has 0 bridgehead atoms. The second-order valence-electron chi connectivity index (χ2n) is 13.4. The number of anilines is 1. The fourth-order valence-corrected chi connectivity index (χ4v) is 6.15. The van der Waals surface area contributed by atoms with E-state index in [-0.39, 0.29) is 23.3 Å². The van der Waals surface area contributed by atoms with Crippen molar-refractivity contribution in [3.8, 4) is 5.75 Å². The average Bonchev–Trinajstić information content (AvgIpc) is 3.44. The molecule has 3 amide bonds. The number of carbonyl (C=O) groups excluding carboxylic acids is 3. The van der Waals surface area contributed by atoms with Crippen LogP contribution in [0.3, 0.4) is 0 Å². The zero-order valence-corrected chi connectivity index (χ0v) is 27.2. The molecule has 3 fully saturated rings. The predicted molar refractivity (Wildman–Crippen MR) is 172 cm³/mol. The van der Waals surface area contributed by atoms with Gasteiger partial charge in [-0.05, 0) is 55.8 Å². The molecule has 3 heterocycles. The molecular formula is C33H50N7O4+. The number of piperidine rings is 1. The van der Waals surface area contributed by atoms with Gasteiger partial charge in [0.1, 0.15) is 11.4 Å². The Morgan fingerprint density at radius 1 is 0.909 bits per heavy atom. The summed E-state index contributed by atoms with van der Waals surface area (Å²) in [6.07, 6.45) is 10.7. The largest absolute Gasteiger partial charge is 0.414 e. The number of carbonyl (C=O) groups is 3. The lowest BCUT2D eigenvalue weighted by atomic mass is 9.76. The number of hydrogen-bond donors (Lipinski definition) is 0. The van der Waals surface area contributed by atoms with Crippen LogP contribution in [-0.4, -0.2) is 117 Å². The van der Waals surface area contributed by atoms with Crippen molar-refractivity contribution in [2.24, 2.45) is 5.41 Å². The van der Waals surface area contributed by atoms with E-state index in [1.54, 1.807) is 32.6 Å². The number of unbranched alkanes of at least 4 members (excludes halogenated alkanes) is 1. The number of ether oxygens (including phenoxy) is 1. The van der Waals surface area contributed by atoms with Crippen LogP contribution in [0, 0.1) is 5.41 Å². The minimum atomic E-state index is -0.362. The molecule has 0 unspecified atom stereocenters. The lowest BCUT2D eigenvalue weighted by Crippen LogP contribution is -2.48. The summed E-state index contributed by atoms with van der Waals surface area (Å²) in [5.74, 6) is 1.51. The first-order chi connectivity index (χ1) is 21.0. The first-order valence-corrected chi connectivity index (χ1v) is 15.8. The van der Waals surface area contributed by atoms with Crippen LogP contribution in [0.2, 0.25) is 0 Å². The summed E-state index contributed by atoms with van der Waals surface area (Å²) in [5, 5.41) is 0. The van der Waals surface area contributed by atoms with Crippen LogP contribution < -0.4 is 14.1 Å². The summed E-state index contributed by atoms with van der Waals surface area (Å²) in [6, 6.07) is 9.39. The number of aromatic nitrogens is 2. The van der Waals surface area contributed by atoms with Crippen LogP contribution in [0.15, 0.2) is 42.7 Å². The van der Waals surface area contributed by atoms with Gasteiger partial charge in [0.05, 0.1) is 21.1 Å². The van der Waals surface area contributed by atoms with Crippen molar-refractivity contribution in [3.05, 3.63) is 42.7 Å². The summed E-state index contributed by atoms with van der Waals surface area (Å²) in [4.78, 5) is 52.6. The van der Waals surface area contributed by atoms with Crippen LogP contribution >= 0.6 is 0 Å². The summed E-state index contributed by atoms with van der Waals surface area (Å²) < 4.78 is 5.88. The second kappa shape index (κ2) is 14.9. The molecule has 1 saturated carbocycles. The van der Waals surface area contributed by atoms with Gasteiger partial charge in [-0.3, -0.25) is 23.9 Å². The van der Waals surface area contributed by atoms with Crippen molar-refractivity contribution in [1.29, 1.82) is 0 Å². The molecule has 0 atom stereocenters. The van der Waals surface area contributed by atoms with E-state index in [1.807, 2.05) is 24.3 Å². The van der Waals surface area contributed by atoms with Crippen molar-refractivity contribution in [2.45, 2.75) is 51.4 Å². The van der Waals surface area contributed by atoms with Crippen molar-refractivity contribution < 1.29 is 19.1 Å². The Labute approximate surface area is 262 Å². The molecule has 1 aromatic heterocycles. The number of benzene rings is 1. The molecule has 1 aliphatic carbocycles. The fraction of sp³-hybridized carbons (Fsp3) is 0.606. The third-order valence-corrected chi connectivity index (χ3v) is 8.79. The normalized spacial score (nSPS) is 18.7. The molecule has 5 rings (SSSR count). The molecule has 11 heteroatoms. The van der Waals surface area contributed by atoms with Crippen LogP contribution in [-0.2, 0) is 9.59 Å².